The molecule has 1 atom stereocenters. The zero-order chi connectivity index (χ0) is 16.4. The quantitative estimate of drug-likeness (QED) is 0.651. The number of aromatic nitrogens is 2. The molecule has 122 valence electrons. The van der Waals surface area contributed by atoms with Crippen LogP contribution in [-0.2, 0) is 12.1 Å². The summed E-state index contributed by atoms with van der Waals surface area (Å²) < 4.78 is 11.1. The average molecular weight is 315 g/mol. The summed E-state index contributed by atoms with van der Waals surface area (Å²) in [5, 5.41) is 20.8. The van der Waals surface area contributed by atoms with E-state index in [0.717, 1.165) is 28.5 Å². The second kappa shape index (κ2) is 6.06. The Kier molecular flexibility index (Phi) is 4.11. The van der Waals surface area contributed by atoms with E-state index in [2.05, 4.69) is 15.5 Å². The van der Waals surface area contributed by atoms with Gasteiger partial charge >= 0.3 is 0 Å². The van der Waals surface area contributed by atoms with Crippen molar-refractivity contribution in [3.63, 3.8) is 0 Å². The smallest absolute Gasteiger partial charge is 0.152 e. The summed E-state index contributed by atoms with van der Waals surface area (Å²) in [6.07, 6.45) is 1.76. The second-order valence-electron chi connectivity index (χ2n) is 5.97. The Hall–Kier alpha value is -2.31. The minimum absolute atomic E-state index is 0.363. The highest BCUT2D eigenvalue weighted by Crippen LogP contribution is 2.24. The Morgan fingerprint density at radius 1 is 1.17 bits per heavy atom. The predicted octanol–water partition coefficient (Wildman–Crippen LogP) is 2.88. The lowest BCUT2D eigenvalue weighted by atomic mass is 10.0. The zero-order valence-corrected chi connectivity index (χ0v) is 13.5. The fourth-order valence-corrected chi connectivity index (χ4v) is 2.48. The molecule has 3 N–H and O–H groups in total. The molecule has 0 fully saturated rings. The summed E-state index contributed by atoms with van der Waals surface area (Å²) >= 11 is 0. The maximum absolute atomic E-state index is 10.5. The molecule has 23 heavy (non-hydrogen) atoms. The van der Waals surface area contributed by atoms with E-state index in [4.69, 9.17) is 8.83 Å². The van der Waals surface area contributed by atoms with E-state index in [9.17, 15) is 5.11 Å². The van der Waals surface area contributed by atoms with Crippen LogP contribution in [0.2, 0.25) is 0 Å². The van der Waals surface area contributed by atoms with Gasteiger partial charge < -0.3 is 19.3 Å². The number of furan rings is 2. The van der Waals surface area contributed by atoms with Gasteiger partial charge in [0.15, 0.2) is 5.76 Å². The Labute approximate surface area is 134 Å². The average Bonchev–Trinajstić information content (AvgIpc) is 3.19. The van der Waals surface area contributed by atoms with Gasteiger partial charge in [-0.3, -0.25) is 5.10 Å². The number of nitrogens with one attached hydrogen (secondary N) is 2. The van der Waals surface area contributed by atoms with Crippen LogP contribution >= 0.6 is 0 Å². The van der Waals surface area contributed by atoms with E-state index >= 15 is 0 Å². The van der Waals surface area contributed by atoms with Gasteiger partial charge in [0.25, 0.3) is 0 Å². The van der Waals surface area contributed by atoms with Crippen molar-refractivity contribution in [3.05, 3.63) is 53.3 Å². The highest BCUT2D eigenvalue weighted by atomic mass is 16.4. The summed E-state index contributed by atoms with van der Waals surface area (Å²) in [6.45, 7) is 6.41. The highest BCUT2D eigenvalue weighted by Gasteiger charge is 2.26. The number of aliphatic hydroxyl groups is 1. The van der Waals surface area contributed by atoms with Crippen molar-refractivity contribution in [2.24, 2.45) is 0 Å². The number of rotatable bonds is 6. The van der Waals surface area contributed by atoms with Crippen molar-refractivity contribution >= 4 is 0 Å². The Morgan fingerprint density at radius 3 is 2.57 bits per heavy atom. The van der Waals surface area contributed by atoms with Crippen LogP contribution < -0.4 is 5.32 Å². The van der Waals surface area contributed by atoms with Gasteiger partial charge in [-0.25, -0.2) is 0 Å². The first-order chi connectivity index (χ1) is 11.0. The third-order valence-electron chi connectivity index (χ3n) is 3.76. The molecular formula is C17H21N3O3. The molecule has 0 aromatic carbocycles. The number of aromatic amines is 1. The summed E-state index contributed by atoms with van der Waals surface area (Å²) in [6, 6.07) is 7.47. The normalized spacial score (nSPS) is 14.1. The molecule has 0 aliphatic carbocycles. The molecule has 0 saturated heterocycles. The molecule has 3 aromatic rings. The van der Waals surface area contributed by atoms with Crippen LogP contribution in [0.25, 0.3) is 11.5 Å². The molecule has 6 nitrogen and oxygen atoms in total. The molecule has 0 saturated carbocycles. The zero-order valence-electron chi connectivity index (χ0n) is 13.5. The van der Waals surface area contributed by atoms with Crippen LogP contribution in [0, 0.1) is 13.8 Å². The third-order valence-corrected chi connectivity index (χ3v) is 3.76. The molecular weight excluding hydrogens is 294 g/mol. The van der Waals surface area contributed by atoms with Gasteiger partial charge in [0.05, 0.1) is 6.20 Å². The molecule has 0 radical (unpaired) electrons. The van der Waals surface area contributed by atoms with Gasteiger partial charge in [0.2, 0.25) is 0 Å². The number of hydrogen-bond donors (Lipinski definition) is 3. The Bertz CT molecular complexity index is 782. The van der Waals surface area contributed by atoms with Crippen molar-refractivity contribution < 1.29 is 13.9 Å². The van der Waals surface area contributed by atoms with E-state index < -0.39 is 5.60 Å². The molecule has 3 rings (SSSR count). The lowest BCUT2D eigenvalue weighted by molar-refractivity contribution is 0.0333. The Morgan fingerprint density at radius 2 is 1.91 bits per heavy atom. The molecule has 6 heteroatoms. The van der Waals surface area contributed by atoms with E-state index in [-0.39, 0.29) is 0 Å². The number of nitrogens with zero attached hydrogens (tertiary/aromatic N) is 1. The first kappa shape index (κ1) is 15.6. The predicted molar refractivity (Wildman–Crippen MR) is 85.7 cm³/mol. The molecule has 0 bridgehead atoms. The van der Waals surface area contributed by atoms with E-state index in [1.54, 1.807) is 19.2 Å². The van der Waals surface area contributed by atoms with Crippen molar-refractivity contribution in [3.8, 4) is 11.5 Å². The lowest BCUT2D eigenvalue weighted by Crippen LogP contribution is -2.34. The first-order valence-corrected chi connectivity index (χ1v) is 7.55. The molecule has 0 aliphatic rings. The topological polar surface area (TPSA) is 87.2 Å². The van der Waals surface area contributed by atoms with Gasteiger partial charge in [-0.05, 0) is 45.0 Å². The van der Waals surface area contributed by atoms with E-state index in [1.807, 2.05) is 32.0 Å². The Balaban J connectivity index is 1.64. The maximum atomic E-state index is 10.5. The molecule has 1 unspecified atom stereocenters. The number of aryl methyl sites for hydroxylation is 2. The standard InChI is InChI=1S/C17H21N3O3/c1-11-4-6-14(22-11)16-13(9-19-20-16)8-18-10-17(3,21)15-7-5-12(2)23-15/h4-7,9,18,21H,8,10H2,1-3H3,(H,19,20). The summed E-state index contributed by atoms with van der Waals surface area (Å²) in [4.78, 5) is 0. The fourth-order valence-electron chi connectivity index (χ4n) is 2.48. The highest BCUT2D eigenvalue weighted by molar-refractivity contribution is 5.56. The van der Waals surface area contributed by atoms with Crippen LogP contribution in [0.15, 0.2) is 39.3 Å². The maximum Gasteiger partial charge on any atom is 0.152 e. The van der Waals surface area contributed by atoms with Crippen LogP contribution in [0.5, 0.6) is 0 Å². The van der Waals surface area contributed by atoms with Crippen LogP contribution in [0.4, 0.5) is 0 Å². The lowest BCUT2D eigenvalue weighted by Gasteiger charge is -2.21. The second-order valence-corrected chi connectivity index (χ2v) is 5.97. The van der Waals surface area contributed by atoms with Gasteiger partial charge in [-0.2, -0.15) is 5.10 Å². The van der Waals surface area contributed by atoms with Crippen molar-refractivity contribution in [1.82, 2.24) is 15.5 Å². The number of H-pyrrole nitrogens is 1. The van der Waals surface area contributed by atoms with Crippen LogP contribution in [0.3, 0.4) is 0 Å². The van der Waals surface area contributed by atoms with Crippen molar-refractivity contribution in [2.75, 3.05) is 6.54 Å². The largest absolute Gasteiger partial charge is 0.463 e. The summed E-state index contributed by atoms with van der Waals surface area (Å²) in [5.74, 6) is 2.94. The molecule has 0 amide bonds. The minimum Gasteiger partial charge on any atom is -0.463 e. The van der Waals surface area contributed by atoms with Crippen molar-refractivity contribution in [1.29, 1.82) is 0 Å². The van der Waals surface area contributed by atoms with Crippen molar-refractivity contribution in [2.45, 2.75) is 32.9 Å². The van der Waals surface area contributed by atoms with Gasteiger partial charge in [-0.1, -0.05) is 0 Å². The van der Waals surface area contributed by atoms with Gasteiger partial charge in [0.1, 0.15) is 28.6 Å². The minimum atomic E-state index is -1.07. The molecule has 3 heterocycles. The van der Waals surface area contributed by atoms with E-state index in [0.29, 0.717) is 18.8 Å². The SMILES string of the molecule is Cc1ccc(-c2[nH]ncc2CNCC(C)(O)c2ccc(C)o2)o1. The summed E-state index contributed by atoms with van der Waals surface area (Å²) in [7, 11) is 0. The molecule has 3 aromatic heterocycles. The van der Waals surface area contributed by atoms with E-state index in [1.165, 1.54) is 0 Å². The van der Waals surface area contributed by atoms with Crippen LogP contribution in [-0.4, -0.2) is 21.8 Å². The first-order valence-electron chi connectivity index (χ1n) is 7.55. The summed E-state index contributed by atoms with van der Waals surface area (Å²) in [5.41, 5.74) is 0.754. The monoisotopic (exact) mass is 315 g/mol. The van der Waals surface area contributed by atoms with Crippen LogP contribution in [0.1, 0.15) is 29.8 Å². The third kappa shape index (κ3) is 3.38. The van der Waals surface area contributed by atoms with Gasteiger partial charge in [-0.15, -0.1) is 0 Å². The molecule has 0 spiro atoms. The number of hydrogen-bond acceptors (Lipinski definition) is 5. The fraction of sp³-hybridized carbons (Fsp3) is 0.353. The van der Waals surface area contributed by atoms with Gasteiger partial charge in [0, 0.05) is 18.7 Å². The molecule has 0 aliphatic heterocycles.